The van der Waals surface area contributed by atoms with E-state index in [1.807, 2.05) is 90.2 Å². The van der Waals surface area contributed by atoms with Crippen molar-refractivity contribution >= 4 is 54.0 Å². The number of fused-ring (bicyclic) bond motifs is 1. The van der Waals surface area contributed by atoms with Gasteiger partial charge in [0, 0.05) is 79.4 Å². The van der Waals surface area contributed by atoms with Crippen molar-refractivity contribution in [1.82, 2.24) is 0 Å². The van der Waals surface area contributed by atoms with Gasteiger partial charge in [0.1, 0.15) is 49.5 Å². The standard InChI is InChI=1S/C68H92O23/c1-39(23-20-24-40(2)28-29-55-64(12,13)32-51(81-44(6)72)34-66(55,16)78)22-18-19-26-50(36-69)27-21-25-41(3)30-31-68-65(14,15)33-52(35-67(68,17)91-68)87-62-60(85-48(10)76)59(84-47(9)75)57(54(88-62)38-80-43(5)71)90-63-61(86-49(11)77)58(83-46(8)74)56(82-45(7)73)53(89-63)37-79-42(4)70/h18-28,36,51-54,56-63,78H,30-35,37-38H2,1-17H3/b19-18+,23-20+,27-21+,39-22+,40-24+,41-25+,50-26+/t29?,51-,52-,53+,54+,56-,57+,58-,59-,60+,61+,62+,63-,66+,67+,68-/m0/s1. The second-order valence-corrected chi connectivity index (χ2v) is 25.6. The van der Waals surface area contributed by atoms with Crippen LogP contribution in [0.3, 0.4) is 0 Å². The number of allylic oxidation sites excluding steroid dienone is 14. The van der Waals surface area contributed by atoms with Crippen LogP contribution in [0.15, 0.2) is 100 Å². The fourth-order valence-corrected chi connectivity index (χ4v) is 12.8. The van der Waals surface area contributed by atoms with Crippen molar-refractivity contribution < 1.29 is 110 Å². The Morgan fingerprint density at radius 2 is 1.00 bits per heavy atom. The summed E-state index contributed by atoms with van der Waals surface area (Å²) in [6.45, 7) is 25.6. The van der Waals surface area contributed by atoms with Gasteiger partial charge in [0.25, 0.3) is 0 Å². The fourth-order valence-electron chi connectivity index (χ4n) is 12.8. The highest BCUT2D eigenvalue weighted by molar-refractivity contribution is 5.78. The number of epoxide rings is 1. The Hall–Kier alpha value is -7.11. The van der Waals surface area contributed by atoms with Gasteiger partial charge in [-0.25, -0.2) is 0 Å². The number of hydrogen-bond acceptors (Lipinski definition) is 23. The van der Waals surface area contributed by atoms with Crippen LogP contribution in [0.4, 0.5) is 0 Å². The van der Waals surface area contributed by atoms with Crippen LogP contribution in [-0.2, 0) is 105 Å². The van der Waals surface area contributed by atoms with Crippen molar-refractivity contribution in [3.8, 4) is 0 Å². The molecular formula is C68H92O23. The molecule has 0 spiro atoms. The molecule has 5 aliphatic rings. The summed E-state index contributed by atoms with van der Waals surface area (Å²) in [6.07, 6.45) is 7.08. The topological polar surface area (TPSA) is 297 Å². The first kappa shape index (κ1) is 74.6. The second kappa shape index (κ2) is 32.0. The summed E-state index contributed by atoms with van der Waals surface area (Å²) < 4.78 is 77.3. The number of aldehydes is 1. The molecule has 0 radical (unpaired) electrons. The Labute approximate surface area is 533 Å². The summed E-state index contributed by atoms with van der Waals surface area (Å²) in [4.78, 5) is 112. The first-order chi connectivity index (χ1) is 42.4. The maximum atomic E-state index is 13.1. The Morgan fingerprint density at radius 3 is 1.52 bits per heavy atom. The highest BCUT2D eigenvalue weighted by atomic mass is 16.8. The van der Waals surface area contributed by atoms with Crippen LogP contribution in [0.5, 0.6) is 0 Å². The first-order valence-corrected chi connectivity index (χ1v) is 30.4. The van der Waals surface area contributed by atoms with Crippen molar-refractivity contribution in [2.75, 3.05) is 13.2 Å². The van der Waals surface area contributed by atoms with Gasteiger partial charge in [0.15, 0.2) is 43.1 Å². The number of rotatable bonds is 25. The zero-order valence-electron chi connectivity index (χ0n) is 55.4. The van der Waals surface area contributed by atoms with Crippen molar-refractivity contribution in [2.24, 2.45) is 10.8 Å². The van der Waals surface area contributed by atoms with Crippen molar-refractivity contribution in [3.63, 3.8) is 0 Å². The molecule has 23 heteroatoms. The normalized spacial score (nSPS) is 32.4. The number of aliphatic hydroxyl groups is 1. The second-order valence-electron chi connectivity index (χ2n) is 25.6. The summed E-state index contributed by atoms with van der Waals surface area (Å²) in [6, 6.07) is 0. The molecule has 3 saturated heterocycles. The quantitative estimate of drug-likeness (QED) is 0.0171. The van der Waals surface area contributed by atoms with E-state index in [1.54, 1.807) is 25.2 Å². The van der Waals surface area contributed by atoms with Gasteiger partial charge in [-0.15, -0.1) is 5.73 Å². The van der Waals surface area contributed by atoms with E-state index in [4.69, 9.17) is 61.6 Å². The third kappa shape index (κ3) is 21.0. The number of ether oxygens (including phenoxy) is 13. The van der Waals surface area contributed by atoms with Crippen molar-refractivity contribution in [2.45, 2.75) is 247 Å². The molecule has 0 bridgehead atoms. The Kier molecular flexibility index (Phi) is 26.2. The SMILES string of the molecule is CC(=O)OC[C@H]1O[C@@H](O[C@H]2[C@H](OC(C)=O)[C@@H](OC(C)=O)[C@H](O[C@H]3CC(C)(C)[C@]4(CC/C(C)=C/C=C/C(C=O)=C\C=C\C=C(C)\C=C\C=C(/C)C=C=C5C(C)(C)C[C@H](OC(C)=O)C[C@@]5(C)O)O[C@]4(C)C3)O[C@@H]2COC(C)=O)[C@H](OC(C)=O)[C@@H](OC(C)=O)[C@H]1OC(C)=O. The minimum Gasteiger partial charge on any atom is -0.463 e. The predicted molar refractivity (Wildman–Crippen MR) is 326 cm³/mol. The van der Waals surface area contributed by atoms with E-state index < -0.39 is 150 Å². The van der Waals surface area contributed by atoms with Gasteiger partial charge in [-0.05, 0) is 82.8 Å². The number of esters is 8. The van der Waals surface area contributed by atoms with Crippen LogP contribution < -0.4 is 0 Å². The highest BCUT2D eigenvalue weighted by Crippen LogP contribution is 2.68. The van der Waals surface area contributed by atoms with E-state index in [-0.39, 0.29) is 12.1 Å². The molecule has 3 aliphatic heterocycles. The highest BCUT2D eigenvalue weighted by Gasteiger charge is 2.76. The van der Waals surface area contributed by atoms with Crippen LogP contribution in [0.25, 0.3) is 0 Å². The zero-order chi connectivity index (χ0) is 68.0. The largest absolute Gasteiger partial charge is 0.463 e. The van der Waals surface area contributed by atoms with Gasteiger partial charge < -0.3 is 66.7 Å². The predicted octanol–water partition coefficient (Wildman–Crippen LogP) is 8.34. The molecule has 3 heterocycles. The van der Waals surface area contributed by atoms with Gasteiger partial charge >= 0.3 is 47.8 Å². The van der Waals surface area contributed by atoms with Gasteiger partial charge in [0.05, 0.1) is 17.3 Å². The third-order valence-corrected chi connectivity index (χ3v) is 16.4. The number of carbonyl (C=O) groups is 9. The lowest BCUT2D eigenvalue weighted by Gasteiger charge is -2.49. The minimum atomic E-state index is -1.84. The summed E-state index contributed by atoms with van der Waals surface area (Å²) in [7, 11) is 0. The van der Waals surface area contributed by atoms with Crippen LogP contribution >= 0.6 is 0 Å². The first-order valence-electron chi connectivity index (χ1n) is 30.4. The Bertz CT molecular complexity index is 2980. The summed E-state index contributed by atoms with van der Waals surface area (Å²) in [5.41, 5.74) is 4.03. The molecule has 2 saturated carbocycles. The Balaban J connectivity index is 1.29. The molecule has 0 aromatic carbocycles. The van der Waals surface area contributed by atoms with Crippen molar-refractivity contribution in [1.29, 1.82) is 0 Å². The molecule has 502 valence electrons. The molecular weight excluding hydrogens is 1180 g/mol. The summed E-state index contributed by atoms with van der Waals surface area (Å²) in [5.74, 6) is -6.32. The molecule has 1 N–H and O–H groups in total. The lowest BCUT2D eigenvalue weighted by Crippen LogP contribution is -2.67. The maximum absolute atomic E-state index is 13.1. The average molecular weight is 1280 g/mol. The minimum absolute atomic E-state index is 0.303. The third-order valence-electron chi connectivity index (χ3n) is 16.4. The van der Waals surface area contributed by atoms with Gasteiger partial charge in [0.2, 0.25) is 0 Å². The van der Waals surface area contributed by atoms with Crippen LogP contribution in [0.1, 0.15) is 156 Å². The smallest absolute Gasteiger partial charge is 0.303 e. The molecule has 91 heavy (non-hydrogen) atoms. The number of carbonyl (C=O) groups excluding carboxylic acids is 9. The van der Waals surface area contributed by atoms with E-state index in [0.29, 0.717) is 44.1 Å². The Morgan fingerprint density at radius 1 is 0.516 bits per heavy atom. The van der Waals surface area contributed by atoms with Crippen LogP contribution in [0, 0.1) is 10.8 Å². The molecule has 15 atom stereocenters. The lowest BCUT2D eigenvalue weighted by molar-refractivity contribution is -0.365. The van der Waals surface area contributed by atoms with Gasteiger partial charge in [-0.1, -0.05) is 99.6 Å². The monoisotopic (exact) mass is 1280 g/mol. The fraction of sp³-hybridized carbons (Fsp3) is 0.618. The molecule has 5 fully saturated rings. The van der Waals surface area contributed by atoms with Crippen LogP contribution in [-0.4, -0.2) is 163 Å². The molecule has 2 aliphatic carbocycles. The molecule has 0 unspecified atom stereocenters. The molecule has 5 rings (SSSR count). The lowest BCUT2D eigenvalue weighted by atomic mass is 9.61. The average Bonchev–Trinajstić information content (AvgIpc) is 1.51. The van der Waals surface area contributed by atoms with Crippen molar-refractivity contribution in [3.05, 3.63) is 100 Å². The molecule has 0 amide bonds. The van der Waals surface area contributed by atoms with E-state index in [1.165, 1.54) is 6.92 Å². The maximum Gasteiger partial charge on any atom is 0.303 e. The van der Waals surface area contributed by atoms with Crippen LogP contribution in [0.2, 0.25) is 0 Å². The summed E-state index contributed by atoms with van der Waals surface area (Å²) in [5, 5.41) is 11.3. The summed E-state index contributed by atoms with van der Waals surface area (Å²) >= 11 is 0. The van der Waals surface area contributed by atoms with E-state index in [2.05, 4.69) is 19.6 Å². The molecule has 23 nitrogen and oxygen atoms in total. The molecule has 0 aromatic heterocycles. The van der Waals surface area contributed by atoms with E-state index in [9.17, 15) is 48.3 Å². The van der Waals surface area contributed by atoms with E-state index in [0.717, 1.165) is 77.0 Å². The van der Waals surface area contributed by atoms with Gasteiger partial charge in [-0.3, -0.25) is 43.2 Å². The molecule has 0 aromatic rings. The zero-order valence-corrected chi connectivity index (χ0v) is 55.4. The van der Waals surface area contributed by atoms with E-state index >= 15 is 0 Å². The van der Waals surface area contributed by atoms with Gasteiger partial charge in [-0.2, -0.15) is 0 Å². The number of hydrogen-bond donors (Lipinski definition) is 1.